The quantitative estimate of drug-likeness (QED) is 0.480. The van der Waals surface area contributed by atoms with Gasteiger partial charge in [0, 0.05) is 0 Å². The van der Waals surface area contributed by atoms with Gasteiger partial charge in [-0.05, 0) is 60.4 Å². The smallest absolute Gasteiger partial charge is 0.0133 e. The third-order valence-corrected chi connectivity index (χ3v) is 4.78. The summed E-state index contributed by atoms with van der Waals surface area (Å²) in [4.78, 5) is 0. The SMILES string of the molecule is C/C=C(\CC)C/C=C(\C)c1ccc(-c2ccc(C(C)C)cc2)cc1. The first kappa shape index (κ1) is 18.3. The molecular weight excluding hydrogens is 288 g/mol. The largest absolute Gasteiger partial charge is 0.0882 e. The molecular formula is C24H30. The molecule has 0 heterocycles. The molecule has 0 saturated carbocycles. The standard InChI is InChI=1S/C24H30/c1-6-20(7-2)9-8-19(5)22-12-16-24(17-13-22)23-14-10-21(11-15-23)18(3)4/h6,8,10-18H,7,9H2,1-5H3/b19-8+,20-6+. The van der Waals surface area contributed by atoms with Crippen molar-refractivity contribution in [3.05, 3.63) is 77.4 Å². The molecule has 0 aliphatic heterocycles. The van der Waals surface area contributed by atoms with E-state index >= 15 is 0 Å². The molecule has 0 saturated heterocycles. The third-order valence-electron chi connectivity index (χ3n) is 4.78. The Balaban J connectivity index is 2.13. The maximum atomic E-state index is 2.34. The molecule has 126 valence electrons. The summed E-state index contributed by atoms with van der Waals surface area (Å²) in [6.07, 6.45) is 6.75. The van der Waals surface area contributed by atoms with Crippen LogP contribution in [0.15, 0.2) is 66.3 Å². The Morgan fingerprint density at radius 2 is 1.46 bits per heavy atom. The van der Waals surface area contributed by atoms with Gasteiger partial charge in [0.2, 0.25) is 0 Å². The summed E-state index contributed by atoms with van der Waals surface area (Å²) in [5.41, 5.74) is 8.12. The Morgan fingerprint density at radius 1 is 0.917 bits per heavy atom. The van der Waals surface area contributed by atoms with Crippen molar-refractivity contribution < 1.29 is 0 Å². The molecule has 0 aliphatic carbocycles. The fourth-order valence-electron chi connectivity index (χ4n) is 2.85. The van der Waals surface area contributed by atoms with Crippen molar-refractivity contribution in [3.63, 3.8) is 0 Å². The minimum atomic E-state index is 0.583. The highest BCUT2D eigenvalue weighted by molar-refractivity contribution is 5.69. The summed E-state index contributed by atoms with van der Waals surface area (Å²) in [6.45, 7) is 11.0. The van der Waals surface area contributed by atoms with Gasteiger partial charge in [0.05, 0.1) is 0 Å². The minimum Gasteiger partial charge on any atom is -0.0882 e. The predicted molar refractivity (Wildman–Crippen MR) is 108 cm³/mol. The van der Waals surface area contributed by atoms with Crippen LogP contribution in [0.25, 0.3) is 16.7 Å². The van der Waals surface area contributed by atoms with Gasteiger partial charge in [-0.3, -0.25) is 0 Å². The van der Waals surface area contributed by atoms with Crippen molar-refractivity contribution in [1.82, 2.24) is 0 Å². The van der Waals surface area contributed by atoms with E-state index in [1.807, 2.05) is 0 Å². The van der Waals surface area contributed by atoms with Crippen LogP contribution < -0.4 is 0 Å². The number of hydrogen-bond acceptors (Lipinski definition) is 0. The second-order valence-electron chi connectivity index (χ2n) is 6.75. The maximum absolute atomic E-state index is 2.34. The van der Waals surface area contributed by atoms with Gasteiger partial charge in [-0.15, -0.1) is 0 Å². The molecule has 2 aromatic rings. The van der Waals surface area contributed by atoms with E-state index in [0.717, 1.165) is 12.8 Å². The molecule has 0 bridgehead atoms. The first-order valence-electron chi connectivity index (χ1n) is 9.06. The zero-order chi connectivity index (χ0) is 17.5. The first-order valence-corrected chi connectivity index (χ1v) is 9.06. The van der Waals surface area contributed by atoms with Crippen molar-refractivity contribution in [2.24, 2.45) is 0 Å². The van der Waals surface area contributed by atoms with Crippen LogP contribution in [0.5, 0.6) is 0 Å². The highest BCUT2D eigenvalue weighted by atomic mass is 14.1. The minimum absolute atomic E-state index is 0.583. The highest BCUT2D eigenvalue weighted by Gasteiger charge is 2.02. The molecule has 0 heteroatoms. The van der Waals surface area contributed by atoms with Crippen LogP contribution in [0.1, 0.15) is 64.5 Å². The molecule has 0 aromatic heterocycles. The molecule has 0 amide bonds. The molecule has 0 nitrogen and oxygen atoms in total. The average Bonchev–Trinajstić information content (AvgIpc) is 2.62. The Morgan fingerprint density at radius 3 is 1.92 bits per heavy atom. The monoisotopic (exact) mass is 318 g/mol. The predicted octanol–water partition coefficient (Wildman–Crippen LogP) is 7.63. The van der Waals surface area contributed by atoms with E-state index in [1.54, 1.807) is 0 Å². The van der Waals surface area contributed by atoms with Crippen LogP contribution in [0.4, 0.5) is 0 Å². The van der Waals surface area contributed by atoms with Crippen molar-refractivity contribution >= 4 is 5.57 Å². The molecule has 0 fully saturated rings. The van der Waals surface area contributed by atoms with E-state index < -0.39 is 0 Å². The van der Waals surface area contributed by atoms with Crippen LogP contribution in [0.2, 0.25) is 0 Å². The summed E-state index contributed by atoms with van der Waals surface area (Å²) in [7, 11) is 0. The zero-order valence-corrected chi connectivity index (χ0v) is 15.8. The van der Waals surface area contributed by atoms with E-state index in [1.165, 1.54) is 33.4 Å². The van der Waals surface area contributed by atoms with Gasteiger partial charge in [-0.2, -0.15) is 0 Å². The molecule has 24 heavy (non-hydrogen) atoms. The van der Waals surface area contributed by atoms with Crippen molar-refractivity contribution in [2.45, 2.75) is 53.4 Å². The van der Waals surface area contributed by atoms with Gasteiger partial charge in [0.1, 0.15) is 0 Å². The van der Waals surface area contributed by atoms with Crippen LogP contribution >= 0.6 is 0 Å². The molecule has 2 rings (SSSR count). The highest BCUT2D eigenvalue weighted by Crippen LogP contribution is 2.25. The third kappa shape index (κ3) is 4.71. The number of allylic oxidation sites excluding steroid dienone is 4. The summed E-state index contributed by atoms with van der Waals surface area (Å²) in [6, 6.07) is 17.9. The van der Waals surface area contributed by atoms with Crippen LogP contribution in [0, 0.1) is 0 Å². The van der Waals surface area contributed by atoms with Crippen molar-refractivity contribution in [2.75, 3.05) is 0 Å². The molecule has 0 aliphatic rings. The molecule has 0 unspecified atom stereocenters. The van der Waals surface area contributed by atoms with E-state index in [9.17, 15) is 0 Å². The van der Waals surface area contributed by atoms with E-state index in [-0.39, 0.29) is 0 Å². The topological polar surface area (TPSA) is 0 Å². The zero-order valence-electron chi connectivity index (χ0n) is 15.8. The lowest BCUT2D eigenvalue weighted by Crippen LogP contribution is -1.87. The van der Waals surface area contributed by atoms with Crippen LogP contribution in [-0.4, -0.2) is 0 Å². The fourth-order valence-corrected chi connectivity index (χ4v) is 2.85. The second kappa shape index (κ2) is 8.68. The lowest BCUT2D eigenvalue weighted by Gasteiger charge is -2.08. The van der Waals surface area contributed by atoms with Gasteiger partial charge in [-0.25, -0.2) is 0 Å². The van der Waals surface area contributed by atoms with Gasteiger partial charge < -0.3 is 0 Å². The first-order chi connectivity index (χ1) is 11.5. The van der Waals surface area contributed by atoms with Crippen LogP contribution in [0.3, 0.4) is 0 Å². The number of benzene rings is 2. The normalized spacial score (nSPS) is 12.8. The Kier molecular flexibility index (Phi) is 6.61. The number of hydrogen-bond donors (Lipinski definition) is 0. The van der Waals surface area contributed by atoms with Gasteiger partial charge in [0.15, 0.2) is 0 Å². The molecule has 0 N–H and O–H groups in total. The summed E-state index contributed by atoms with van der Waals surface area (Å²) in [5.74, 6) is 0.583. The van der Waals surface area contributed by atoms with Crippen molar-refractivity contribution in [1.29, 1.82) is 0 Å². The van der Waals surface area contributed by atoms with E-state index in [2.05, 4.69) is 95.3 Å². The Bertz CT molecular complexity index is 695. The van der Waals surface area contributed by atoms with Gasteiger partial charge >= 0.3 is 0 Å². The second-order valence-corrected chi connectivity index (χ2v) is 6.75. The maximum Gasteiger partial charge on any atom is -0.0133 e. The average molecular weight is 319 g/mol. The molecule has 0 spiro atoms. The van der Waals surface area contributed by atoms with Gasteiger partial charge in [-0.1, -0.05) is 87.0 Å². The van der Waals surface area contributed by atoms with Crippen molar-refractivity contribution in [3.8, 4) is 11.1 Å². The summed E-state index contributed by atoms with van der Waals surface area (Å²) in [5, 5.41) is 0. The molecule has 0 atom stereocenters. The Labute approximate surface area is 147 Å². The number of rotatable bonds is 6. The fraction of sp³-hybridized carbons (Fsp3) is 0.333. The lowest BCUT2D eigenvalue weighted by atomic mass is 9.97. The molecule has 0 radical (unpaired) electrons. The van der Waals surface area contributed by atoms with E-state index in [4.69, 9.17) is 0 Å². The molecule has 2 aromatic carbocycles. The van der Waals surface area contributed by atoms with Gasteiger partial charge in [0.25, 0.3) is 0 Å². The summed E-state index contributed by atoms with van der Waals surface area (Å²) < 4.78 is 0. The summed E-state index contributed by atoms with van der Waals surface area (Å²) >= 11 is 0. The van der Waals surface area contributed by atoms with Crippen LogP contribution in [-0.2, 0) is 0 Å². The Hall–Kier alpha value is -2.08. The lowest BCUT2D eigenvalue weighted by molar-refractivity contribution is 0.867. The van der Waals surface area contributed by atoms with E-state index in [0.29, 0.717) is 5.92 Å².